The molecule has 9 heavy (non-hydrogen) atoms. The van der Waals surface area contributed by atoms with Crippen LogP contribution in [-0.4, -0.2) is 14.3 Å². The van der Waals surface area contributed by atoms with Crippen LogP contribution >= 0.6 is 37.2 Å². The van der Waals surface area contributed by atoms with E-state index in [1.165, 1.54) is 16.2 Å². The zero-order chi connectivity index (χ0) is 6.85. The van der Waals surface area contributed by atoms with Gasteiger partial charge in [-0.25, -0.2) is 0 Å². The number of hydrazone groups is 1. The van der Waals surface area contributed by atoms with Gasteiger partial charge in [0.2, 0.25) is 0 Å². The Morgan fingerprint density at radius 3 is 2.78 bits per heavy atom. The van der Waals surface area contributed by atoms with E-state index >= 15 is 0 Å². The zero-order valence-electron chi connectivity index (χ0n) is 4.18. The van der Waals surface area contributed by atoms with Crippen molar-refractivity contribution < 1.29 is 28.0 Å². The maximum atomic E-state index is 5.03. The summed E-state index contributed by atoms with van der Waals surface area (Å²) < 4.78 is 7.17. The van der Waals surface area contributed by atoms with Gasteiger partial charge in [0.1, 0.15) is 0 Å². The minimum atomic E-state index is -0.0842. The summed E-state index contributed by atoms with van der Waals surface area (Å²) in [6, 6.07) is 0. The molecular formula is C2H3N2OS3Zr. The summed E-state index contributed by atoms with van der Waals surface area (Å²) in [7, 11) is 0. The molecule has 3 nitrogen and oxygen atoms in total. The Morgan fingerprint density at radius 2 is 2.56 bits per heavy atom. The van der Waals surface area contributed by atoms with Crippen LogP contribution in [0.25, 0.3) is 0 Å². The normalized spacial score (nSPS) is 26.6. The van der Waals surface area contributed by atoms with Crippen LogP contribution in [0.4, 0.5) is 0 Å². The van der Waals surface area contributed by atoms with Crippen molar-refractivity contribution in [1.29, 1.82) is 0 Å². The van der Waals surface area contributed by atoms with Gasteiger partial charge in [0, 0.05) is 0 Å². The van der Waals surface area contributed by atoms with Crippen molar-refractivity contribution in [2.75, 3.05) is 0 Å². The molecule has 0 aromatic heterocycles. The summed E-state index contributed by atoms with van der Waals surface area (Å²) in [5.74, 6) is 0. The van der Waals surface area contributed by atoms with Crippen LogP contribution in [0, 0.1) is 0 Å². The molecule has 0 saturated heterocycles. The molecule has 1 aliphatic rings. The van der Waals surface area contributed by atoms with Crippen LogP contribution < -0.4 is 0 Å². The summed E-state index contributed by atoms with van der Waals surface area (Å²) in [4.78, 5) is 0. The summed E-state index contributed by atoms with van der Waals surface area (Å²) in [6.07, 6.45) is 0. The minimum absolute atomic E-state index is 0.0842. The molecule has 0 aliphatic carbocycles. The van der Waals surface area contributed by atoms with Crippen LogP contribution in [0.3, 0.4) is 0 Å². The van der Waals surface area contributed by atoms with E-state index < -0.39 is 0 Å². The first-order valence-corrected chi connectivity index (χ1v) is 4.72. The van der Waals surface area contributed by atoms with Gasteiger partial charge in [-0.3, -0.25) is 0 Å². The van der Waals surface area contributed by atoms with E-state index in [-0.39, 0.29) is 5.56 Å². The topological polar surface area (TPSA) is 24.8 Å². The molecule has 0 radical (unpaired) electrons. The van der Waals surface area contributed by atoms with Gasteiger partial charge < -0.3 is 0 Å². The molecule has 0 fully saturated rings. The van der Waals surface area contributed by atoms with Gasteiger partial charge in [-0.1, -0.05) is 0 Å². The van der Waals surface area contributed by atoms with Gasteiger partial charge in [0.05, 0.1) is 0 Å². The fourth-order valence-corrected chi connectivity index (χ4v) is 2.47. The Morgan fingerprint density at radius 1 is 1.89 bits per heavy atom. The molecule has 0 N–H and O–H groups in total. The number of rotatable bonds is 1. The Balaban J connectivity index is 2.49. The van der Waals surface area contributed by atoms with Crippen LogP contribution in [0.2, 0.25) is 0 Å². The summed E-state index contributed by atoms with van der Waals surface area (Å²) in [5.41, 5.74) is -0.0842. The maximum absolute atomic E-state index is 5.03. The summed E-state index contributed by atoms with van der Waals surface area (Å²) in [6.45, 7) is 0. The second-order valence-electron chi connectivity index (χ2n) is 1.25. The fourth-order valence-electron chi connectivity index (χ4n) is 0.367. The van der Waals surface area contributed by atoms with Gasteiger partial charge in [0.15, 0.2) is 0 Å². The van der Waals surface area contributed by atoms with E-state index in [2.05, 4.69) is 30.5 Å². The van der Waals surface area contributed by atoms with Gasteiger partial charge >= 0.3 is 84.6 Å². The second kappa shape index (κ2) is 3.67. The van der Waals surface area contributed by atoms with Gasteiger partial charge in [-0.2, -0.15) is 0 Å². The third-order valence-corrected chi connectivity index (χ3v) is 3.30. The molecule has 49 valence electrons. The van der Waals surface area contributed by atoms with Crippen molar-refractivity contribution >= 4 is 41.6 Å². The molecular weight excluding hydrogens is 255 g/mol. The number of hydrogen-bond donors (Lipinski definition) is 2. The standard InChI is InChI=1S/C2H3N2OS3.Zr/c5-2-4(7)3-1(6)8-2;/h2,7H,(H,3,6);/q-1;+1. The van der Waals surface area contributed by atoms with Crippen molar-refractivity contribution in [3.05, 3.63) is 0 Å². The Kier molecular flexibility index (Phi) is 3.45. The molecule has 0 amide bonds. The number of thioether (sulfide) groups is 1. The average molecular weight is 258 g/mol. The molecule has 7 heteroatoms. The van der Waals surface area contributed by atoms with E-state index in [9.17, 15) is 0 Å². The van der Waals surface area contributed by atoms with E-state index in [1.807, 2.05) is 0 Å². The SMILES string of the molecule is SC1=NN(S)C([O][Zr])S1. The predicted octanol–water partition coefficient (Wildman–Crippen LogP) is 0.843. The number of nitrogens with zero attached hydrogens (tertiary/aromatic N) is 2. The zero-order valence-corrected chi connectivity index (χ0v) is 9.25. The summed E-state index contributed by atoms with van der Waals surface area (Å²) >= 11 is 10.5. The first-order valence-electron chi connectivity index (χ1n) is 1.99. The quantitative estimate of drug-likeness (QED) is 0.682. The van der Waals surface area contributed by atoms with Crippen molar-refractivity contribution in [2.45, 2.75) is 5.56 Å². The molecule has 0 bridgehead atoms. The molecule has 0 aromatic rings. The second-order valence-corrected chi connectivity index (χ2v) is 3.99. The third-order valence-electron chi connectivity index (χ3n) is 0.684. The first kappa shape index (κ1) is 8.46. The fraction of sp³-hybridized carbons (Fsp3) is 0.500. The van der Waals surface area contributed by atoms with Gasteiger partial charge in [-0.15, -0.1) is 0 Å². The van der Waals surface area contributed by atoms with E-state index in [0.717, 1.165) is 25.2 Å². The van der Waals surface area contributed by atoms with Crippen molar-refractivity contribution in [1.82, 2.24) is 4.41 Å². The average Bonchev–Trinajstić information content (AvgIpc) is 2.10. The molecule has 0 spiro atoms. The Hall–Kier alpha value is 1.36. The number of thiol groups is 2. The van der Waals surface area contributed by atoms with Crippen LogP contribution in [0.15, 0.2) is 5.10 Å². The van der Waals surface area contributed by atoms with Crippen LogP contribution in [-0.2, 0) is 28.0 Å². The monoisotopic (exact) mass is 257 g/mol. The van der Waals surface area contributed by atoms with E-state index in [0.29, 0.717) is 4.38 Å². The third kappa shape index (κ3) is 2.15. The molecule has 1 heterocycles. The van der Waals surface area contributed by atoms with Crippen molar-refractivity contribution in [3.63, 3.8) is 0 Å². The molecule has 1 atom stereocenters. The van der Waals surface area contributed by atoms with Crippen LogP contribution in [0.5, 0.6) is 0 Å². The van der Waals surface area contributed by atoms with Crippen LogP contribution in [0.1, 0.15) is 0 Å². The predicted molar refractivity (Wildman–Crippen MR) is 39.7 cm³/mol. The Labute approximate surface area is 84.0 Å². The first-order chi connectivity index (χ1) is 4.24. The molecule has 0 saturated carbocycles. The van der Waals surface area contributed by atoms with Crippen molar-refractivity contribution in [3.8, 4) is 0 Å². The van der Waals surface area contributed by atoms with Crippen molar-refractivity contribution in [2.24, 2.45) is 5.10 Å². The summed E-state index contributed by atoms with van der Waals surface area (Å²) in [5, 5.41) is 3.87. The Bertz CT molecular complexity index is 142. The van der Waals surface area contributed by atoms with E-state index in [4.69, 9.17) is 2.81 Å². The molecule has 1 aliphatic heterocycles. The number of hydrogen-bond acceptors (Lipinski definition) is 5. The molecule has 1 unspecified atom stereocenters. The van der Waals surface area contributed by atoms with Gasteiger partial charge in [-0.05, 0) is 0 Å². The van der Waals surface area contributed by atoms with E-state index in [1.54, 1.807) is 0 Å². The molecule has 0 aromatic carbocycles. The molecule has 1 rings (SSSR count). The van der Waals surface area contributed by atoms with Gasteiger partial charge in [0.25, 0.3) is 0 Å².